The van der Waals surface area contributed by atoms with Gasteiger partial charge < -0.3 is 14.8 Å². The number of hydrogen-bond donors (Lipinski definition) is 1. The van der Waals surface area contributed by atoms with Crippen molar-refractivity contribution in [3.8, 4) is 0 Å². The molecule has 3 aromatic rings. The van der Waals surface area contributed by atoms with Gasteiger partial charge in [-0.15, -0.1) is 0 Å². The molecule has 0 saturated heterocycles. The predicted molar refractivity (Wildman–Crippen MR) is 240 cm³/mol. The zero-order valence-corrected chi connectivity index (χ0v) is 33.0. The van der Waals surface area contributed by atoms with Crippen LogP contribution in [0, 0.1) is 17.8 Å². The van der Waals surface area contributed by atoms with Crippen molar-refractivity contribution >= 4 is 40.4 Å². The van der Waals surface area contributed by atoms with Gasteiger partial charge in [0.25, 0.3) is 0 Å². The van der Waals surface area contributed by atoms with Crippen LogP contribution in [0.3, 0.4) is 0 Å². The maximum atomic E-state index is 5.50. The Hall–Kier alpha value is -5.94. The molecule has 12 rings (SSSR count). The van der Waals surface area contributed by atoms with E-state index >= 15 is 0 Å². The van der Waals surface area contributed by atoms with Crippen molar-refractivity contribution in [1.29, 1.82) is 0 Å². The van der Waals surface area contributed by atoms with Crippen LogP contribution < -0.4 is 5.32 Å². The molecular formula is C53H49N5. The SMILES string of the molecule is C1=CCCC(C2N=C(C3=CCCCC3)NC(C3C=CC=CC3N3C4=Cc5ccccc5CC4C4=C3CCC(n3c5c(c6ccccc63)C=CC3C=CC=CC53)=C4)=N2)=C1. The van der Waals surface area contributed by atoms with Crippen LogP contribution in [0.15, 0.2) is 172 Å². The van der Waals surface area contributed by atoms with Crippen molar-refractivity contribution in [1.82, 2.24) is 14.8 Å². The van der Waals surface area contributed by atoms with Gasteiger partial charge in [-0.25, -0.2) is 9.98 Å². The Kier molecular flexibility index (Phi) is 8.16. The number of rotatable bonds is 5. The zero-order chi connectivity index (χ0) is 38.2. The number of aromatic nitrogens is 1. The molecule has 6 atom stereocenters. The Morgan fingerprint density at radius 1 is 0.741 bits per heavy atom. The van der Waals surface area contributed by atoms with E-state index in [1.54, 1.807) is 0 Å². The van der Waals surface area contributed by atoms with E-state index in [4.69, 9.17) is 9.98 Å². The number of hydrogen-bond acceptors (Lipinski definition) is 4. The first kappa shape index (κ1) is 34.1. The molecule has 6 unspecified atom stereocenters. The molecule has 5 heteroatoms. The molecule has 9 aliphatic rings. The number of benzene rings is 2. The molecule has 58 heavy (non-hydrogen) atoms. The van der Waals surface area contributed by atoms with E-state index in [1.807, 2.05) is 0 Å². The Morgan fingerprint density at radius 3 is 2.53 bits per heavy atom. The summed E-state index contributed by atoms with van der Waals surface area (Å²) in [5.74, 6) is 3.13. The van der Waals surface area contributed by atoms with Crippen molar-refractivity contribution in [2.24, 2.45) is 27.7 Å². The van der Waals surface area contributed by atoms with E-state index in [0.717, 1.165) is 56.6 Å². The number of nitrogens with zero attached hydrogens (tertiary/aromatic N) is 4. The quantitative estimate of drug-likeness (QED) is 0.282. The summed E-state index contributed by atoms with van der Waals surface area (Å²) in [7, 11) is 0. The molecule has 0 fully saturated rings. The van der Waals surface area contributed by atoms with Gasteiger partial charge in [0, 0.05) is 51.5 Å². The number of para-hydroxylation sites is 1. The molecule has 2 aliphatic heterocycles. The van der Waals surface area contributed by atoms with E-state index in [9.17, 15) is 0 Å². The molecule has 3 heterocycles. The molecule has 1 N–H and O–H groups in total. The fourth-order valence-electron chi connectivity index (χ4n) is 11.3. The van der Waals surface area contributed by atoms with Crippen molar-refractivity contribution < 1.29 is 0 Å². The minimum absolute atomic E-state index is 0.0492. The number of allylic oxidation sites excluding steroid dienone is 15. The maximum Gasteiger partial charge on any atom is 0.165 e. The number of aliphatic imine (C=N–C) groups is 2. The highest BCUT2D eigenvalue weighted by Gasteiger charge is 2.45. The summed E-state index contributed by atoms with van der Waals surface area (Å²) in [4.78, 5) is 13.6. The van der Waals surface area contributed by atoms with Crippen LogP contribution in [0.25, 0.3) is 28.8 Å². The Labute approximate surface area is 341 Å². The first-order chi connectivity index (χ1) is 28.8. The average molecular weight is 756 g/mol. The largest absolute Gasteiger partial charge is 0.340 e. The van der Waals surface area contributed by atoms with Crippen LogP contribution in [0.4, 0.5) is 0 Å². The number of amidine groups is 2. The van der Waals surface area contributed by atoms with Crippen LogP contribution in [0.1, 0.15) is 79.7 Å². The van der Waals surface area contributed by atoms with Crippen LogP contribution in [-0.2, 0) is 6.42 Å². The second-order valence-corrected chi connectivity index (χ2v) is 17.3. The lowest BCUT2D eigenvalue weighted by atomic mass is 9.80. The van der Waals surface area contributed by atoms with Gasteiger partial charge in [0.05, 0.1) is 17.5 Å². The summed E-state index contributed by atoms with van der Waals surface area (Å²) in [5, 5.41) is 5.23. The van der Waals surface area contributed by atoms with Crippen LogP contribution in [0.2, 0.25) is 0 Å². The summed E-state index contributed by atoms with van der Waals surface area (Å²) < 4.78 is 2.66. The molecule has 0 amide bonds. The lowest BCUT2D eigenvalue weighted by Gasteiger charge is -2.40. The summed E-state index contributed by atoms with van der Waals surface area (Å²) >= 11 is 0. The molecule has 0 radical (unpaired) electrons. The summed E-state index contributed by atoms with van der Waals surface area (Å²) in [6.07, 6.45) is 47.2. The molecule has 2 aromatic carbocycles. The minimum atomic E-state index is -0.188. The molecule has 0 spiro atoms. The fraction of sp³-hybridized carbons (Fsp3) is 0.283. The third kappa shape index (κ3) is 5.50. The van der Waals surface area contributed by atoms with Gasteiger partial charge in [0.15, 0.2) is 6.17 Å². The Morgan fingerprint density at radius 2 is 1.62 bits per heavy atom. The highest BCUT2D eigenvalue weighted by molar-refractivity contribution is 6.11. The topological polar surface area (TPSA) is 44.9 Å². The monoisotopic (exact) mass is 755 g/mol. The maximum absolute atomic E-state index is 5.50. The van der Waals surface area contributed by atoms with Crippen LogP contribution >= 0.6 is 0 Å². The van der Waals surface area contributed by atoms with Gasteiger partial charge in [0.2, 0.25) is 0 Å². The molecule has 1 aromatic heterocycles. The lowest BCUT2D eigenvalue weighted by Crippen LogP contribution is -2.49. The first-order valence-corrected chi connectivity index (χ1v) is 21.8. The number of fused-ring (bicyclic) bond motifs is 8. The van der Waals surface area contributed by atoms with E-state index in [0.29, 0.717) is 17.8 Å². The molecule has 286 valence electrons. The van der Waals surface area contributed by atoms with Gasteiger partial charge >= 0.3 is 0 Å². The lowest BCUT2D eigenvalue weighted by molar-refractivity contribution is 0.324. The van der Waals surface area contributed by atoms with Crippen molar-refractivity contribution in [2.45, 2.75) is 75.9 Å². The third-order valence-corrected chi connectivity index (χ3v) is 14.0. The highest BCUT2D eigenvalue weighted by Crippen LogP contribution is 2.52. The van der Waals surface area contributed by atoms with Gasteiger partial charge in [-0.3, -0.25) is 0 Å². The standard InChI is InChI=1S/C53H49N5/c1-3-16-35(17-4-1)51-54-52(36-18-5-2-6-19-36)56-53(55-51)43-24-12-14-26-47(43)58-48-30-28-39(33-45(48)44-31-37-20-7-8-21-38(37)32-49(44)58)57-46-25-13-11-23-41(46)42-29-27-34-15-9-10-22-40(34)50(42)57/h1,3,7-16,18,20-27,29,32-34,40,43-44,47,51H,2,4-6,17,19,28,30-31H2,(H,54,55,56). The fourth-order valence-corrected chi connectivity index (χ4v) is 11.3. The Bertz CT molecular complexity index is 2670. The van der Waals surface area contributed by atoms with Gasteiger partial charge in [-0.1, -0.05) is 128 Å². The van der Waals surface area contributed by atoms with Gasteiger partial charge in [0.1, 0.15) is 11.7 Å². The smallest absolute Gasteiger partial charge is 0.165 e. The second kappa shape index (κ2) is 13.9. The van der Waals surface area contributed by atoms with Gasteiger partial charge in [-0.05, 0) is 104 Å². The molecule has 0 saturated carbocycles. The molecule has 0 bridgehead atoms. The van der Waals surface area contributed by atoms with Crippen molar-refractivity contribution in [2.75, 3.05) is 0 Å². The normalized spacial score (nSPS) is 29.0. The van der Waals surface area contributed by atoms with Crippen LogP contribution in [0.5, 0.6) is 0 Å². The highest BCUT2D eigenvalue weighted by atomic mass is 15.2. The van der Waals surface area contributed by atoms with Gasteiger partial charge in [-0.2, -0.15) is 0 Å². The Balaban J connectivity index is 0.987. The second-order valence-electron chi connectivity index (χ2n) is 17.3. The minimum Gasteiger partial charge on any atom is -0.340 e. The first-order valence-electron chi connectivity index (χ1n) is 21.8. The van der Waals surface area contributed by atoms with Crippen molar-refractivity contribution in [3.05, 3.63) is 184 Å². The predicted octanol–water partition coefficient (Wildman–Crippen LogP) is 11.5. The number of nitrogens with one attached hydrogen (secondary N) is 1. The molecule has 5 nitrogen and oxygen atoms in total. The van der Waals surface area contributed by atoms with Crippen LogP contribution in [-0.4, -0.2) is 33.3 Å². The summed E-state index contributed by atoms with van der Waals surface area (Å²) in [6.45, 7) is 0. The summed E-state index contributed by atoms with van der Waals surface area (Å²) in [5.41, 5.74) is 15.4. The molecular weight excluding hydrogens is 707 g/mol. The van der Waals surface area contributed by atoms with Crippen molar-refractivity contribution in [3.63, 3.8) is 0 Å². The molecule has 7 aliphatic carbocycles. The third-order valence-electron chi connectivity index (χ3n) is 14.0. The van der Waals surface area contributed by atoms with E-state index < -0.39 is 0 Å². The average Bonchev–Trinajstić information content (AvgIpc) is 3.81. The van der Waals surface area contributed by atoms with E-state index in [-0.39, 0.29) is 18.1 Å². The van der Waals surface area contributed by atoms with E-state index in [2.05, 4.69) is 161 Å². The van der Waals surface area contributed by atoms with E-state index in [1.165, 1.54) is 79.9 Å². The summed E-state index contributed by atoms with van der Waals surface area (Å²) in [6, 6.07) is 18.2. The zero-order valence-electron chi connectivity index (χ0n) is 33.0.